The maximum Gasteiger partial charge on any atom is 0.267 e. The van der Waals surface area contributed by atoms with Crippen molar-refractivity contribution in [3.8, 4) is 11.4 Å². The van der Waals surface area contributed by atoms with Crippen molar-refractivity contribution >= 4 is 11.0 Å². The maximum atomic E-state index is 13.6. The predicted octanol–water partition coefficient (Wildman–Crippen LogP) is 3.31. The lowest BCUT2D eigenvalue weighted by Crippen LogP contribution is -2.27. The van der Waals surface area contributed by atoms with Crippen molar-refractivity contribution in [2.75, 3.05) is 7.11 Å². The van der Waals surface area contributed by atoms with Gasteiger partial charge in [-0.25, -0.2) is 18.7 Å². The molecule has 4 aromatic rings. The molecule has 8 heteroatoms. The minimum Gasteiger partial charge on any atom is -0.497 e. The summed E-state index contributed by atoms with van der Waals surface area (Å²) in [5.41, 5.74) is 7.02. The average molecular weight is 408 g/mol. The second-order valence-corrected chi connectivity index (χ2v) is 6.75. The second kappa shape index (κ2) is 8.00. The van der Waals surface area contributed by atoms with Crippen molar-refractivity contribution in [3.63, 3.8) is 0 Å². The summed E-state index contributed by atoms with van der Waals surface area (Å²) in [6.07, 6.45) is 1.61. The van der Waals surface area contributed by atoms with Crippen LogP contribution in [0, 0.1) is 11.6 Å². The van der Waals surface area contributed by atoms with Gasteiger partial charge in [-0.15, -0.1) is 0 Å². The maximum absolute atomic E-state index is 13.6. The monoisotopic (exact) mass is 408 g/mol. The summed E-state index contributed by atoms with van der Waals surface area (Å²) in [5, 5.41) is 0.349. The lowest BCUT2D eigenvalue weighted by molar-refractivity contribution is 0.414. The summed E-state index contributed by atoms with van der Waals surface area (Å²) in [6.45, 7) is 0. The zero-order valence-corrected chi connectivity index (χ0v) is 16.0. The van der Waals surface area contributed by atoms with Gasteiger partial charge in [-0.05, 0) is 54.1 Å². The molecule has 0 radical (unpaired) electrons. The number of benzene rings is 2. The molecule has 0 saturated heterocycles. The molecule has 30 heavy (non-hydrogen) atoms. The Morgan fingerprint density at radius 3 is 2.47 bits per heavy atom. The number of hydrogen-bond acceptors (Lipinski definition) is 5. The molecule has 4 rings (SSSR count). The molecular formula is C22H18F2N4O2. The average Bonchev–Trinajstić information content (AvgIpc) is 2.73. The van der Waals surface area contributed by atoms with Crippen LogP contribution in [0.1, 0.15) is 17.4 Å². The van der Waals surface area contributed by atoms with Crippen LogP contribution >= 0.6 is 0 Å². The molecule has 2 aromatic carbocycles. The molecule has 2 heterocycles. The third kappa shape index (κ3) is 3.77. The van der Waals surface area contributed by atoms with Crippen LogP contribution in [0.2, 0.25) is 0 Å². The minimum atomic E-state index is -0.784. The van der Waals surface area contributed by atoms with Crippen LogP contribution in [0.3, 0.4) is 0 Å². The molecule has 0 aliphatic carbocycles. The highest BCUT2D eigenvalue weighted by atomic mass is 19.1. The zero-order chi connectivity index (χ0) is 21.3. The normalized spacial score (nSPS) is 12.1. The first-order valence-electron chi connectivity index (χ1n) is 9.19. The third-order valence-corrected chi connectivity index (χ3v) is 4.76. The molecule has 152 valence electrons. The predicted molar refractivity (Wildman–Crippen MR) is 109 cm³/mol. The summed E-state index contributed by atoms with van der Waals surface area (Å²) >= 11 is 0. The van der Waals surface area contributed by atoms with E-state index < -0.39 is 17.7 Å². The van der Waals surface area contributed by atoms with Gasteiger partial charge in [0.2, 0.25) is 0 Å². The molecule has 6 nitrogen and oxygen atoms in total. The van der Waals surface area contributed by atoms with Gasteiger partial charge in [-0.3, -0.25) is 9.36 Å². The molecular weight excluding hydrogens is 390 g/mol. The summed E-state index contributed by atoms with van der Waals surface area (Å²) in [4.78, 5) is 21.9. The standard InChI is InChI=1S/C22H18F2N4O2/c1-30-17-6-4-16(5-7-17)28-20(27-21-18(22(28)29)3-2-8-26-21)12-19(25)13-9-14(23)11-15(24)10-13/h2-11,19H,12,25H2,1H3/t19-/m0/s1. The number of hydrogen-bond donors (Lipinski definition) is 1. The van der Waals surface area contributed by atoms with Crippen LogP contribution in [0.5, 0.6) is 5.75 Å². The minimum absolute atomic E-state index is 0.0661. The first-order chi connectivity index (χ1) is 14.5. The van der Waals surface area contributed by atoms with Crippen molar-refractivity contribution in [3.05, 3.63) is 94.2 Å². The number of aromatic nitrogens is 3. The van der Waals surface area contributed by atoms with E-state index in [1.165, 1.54) is 22.9 Å². The van der Waals surface area contributed by atoms with Crippen LogP contribution in [0.15, 0.2) is 65.6 Å². The van der Waals surface area contributed by atoms with Crippen LogP contribution in [-0.2, 0) is 6.42 Å². The summed E-state index contributed by atoms with van der Waals surface area (Å²) in [7, 11) is 1.55. The third-order valence-electron chi connectivity index (χ3n) is 4.76. The lowest BCUT2D eigenvalue weighted by atomic mass is 10.0. The Hall–Kier alpha value is -3.65. The highest BCUT2D eigenvalue weighted by Gasteiger charge is 2.18. The number of fused-ring (bicyclic) bond motifs is 1. The number of halogens is 2. The van der Waals surface area contributed by atoms with Crippen LogP contribution in [0.4, 0.5) is 8.78 Å². The van der Waals surface area contributed by atoms with E-state index >= 15 is 0 Å². The quantitative estimate of drug-likeness (QED) is 0.548. The summed E-state index contributed by atoms with van der Waals surface area (Å²) < 4.78 is 33.9. The fourth-order valence-electron chi connectivity index (χ4n) is 3.30. The van der Waals surface area contributed by atoms with Gasteiger partial charge in [-0.1, -0.05) is 0 Å². The number of pyridine rings is 1. The summed E-state index contributed by atoms with van der Waals surface area (Å²) in [5.74, 6) is -0.480. The van der Waals surface area contributed by atoms with E-state index in [1.54, 1.807) is 43.5 Å². The van der Waals surface area contributed by atoms with Crippen LogP contribution in [-0.4, -0.2) is 21.6 Å². The zero-order valence-electron chi connectivity index (χ0n) is 16.0. The highest BCUT2D eigenvalue weighted by molar-refractivity contribution is 5.73. The van der Waals surface area contributed by atoms with E-state index in [-0.39, 0.29) is 23.2 Å². The van der Waals surface area contributed by atoms with Crippen molar-refractivity contribution in [1.29, 1.82) is 0 Å². The van der Waals surface area contributed by atoms with Gasteiger partial charge in [0.15, 0.2) is 5.65 Å². The smallest absolute Gasteiger partial charge is 0.267 e. The fraction of sp³-hybridized carbons (Fsp3) is 0.136. The Morgan fingerprint density at radius 1 is 1.10 bits per heavy atom. The van der Waals surface area contributed by atoms with Gasteiger partial charge < -0.3 is 10.5 Å². The largest absolute Gasteiger partial charge is 0.497 e. The van der Waals surface area contributed by atoms with E-state index in [2.05, 4.69) is 9.97 Å². The number of ether oxygens (including phenoxy) is 1. The van der Waals surface area contributed by atoms with Gasteiger partial charge >= 0.3 is 0 Å². The Morgan fingerprint density at radius 2 is 1.80 bits per heavy atom. The molecule has 0 spiro atoms. The summed E-state index contributed by atoms with van der Waals surface area (Å²) in [6, 6.07) is 12.5. The van der Waals surface area contributed by atoms with Crippen molar-refractivity contribution in [2.24, 2.45) is 5.73 Å². The van der Waals surface area contributed by atoms with Crippen molar-refractivity contribution in [2.45, 2.75) is 12.5 Å². The Balaban J connectivity index is 1.85. The molecule has 1 atom stereocenters. The number of methoxy groups -OCH3 is 1. The molecule has 0 aliphatic rings. The first-order valence-corrected chi connectivity index (χ1v) is 9.19. The van der Waals surface area contributed by atoms with E-state index in [0.29, 0.717) is 22.6 Å². The van der Waals surface area contributed by atoms with Crippen LogP contribution in [0.25, 0.3) is 16.7 Å². The molecule has 0 saturated carbocycles. The Kier molecular flexibility index (Phi) is 5.24. The van der Waals surface area contributed by atoms with Gasteiger partial charge in [0.1, 0.15) is 23.2 Å². The molecule has 2 aromatic heterocycles. The molecule has 0 unspecified atom stereocenters. The van der Waals surface area contributed by atoms with Crippen LogP contribution < -0.4 is 16.0 Å². The van der Waals surface area contributed by atoms with E-state index in [1.807, 2.05) is 0 Å². The lowest BCUT2D eigenvalue weighted by Gasteiger charge is -2.17. The number of nitrogens with two attached hydrogens (primary N) is 1. The van der Waals surface area contributed by atoms with Gasteiger partial charge in [0.05, 0.1) is 18.2 Å². The molecule has 0 bridgehead atoms. The SMILES string of the molecule is COc1ccc(-n2c(C[C@H](N)c3cc(F)cc(F)c3)nc3ncccc3c2=O)cc1. The van der Waals surface area contributed by atoms with Gasteiger partial charge in [0, 0.05) is 24.7 Å². The van der Waals surface area contributed by atoms with Gasteiger partial charge in [0.25, 0.3) is 5.56 Å². The second-order valence-electron chi connectivity index (χ2n) is 6.75. The van der Waals surface area contributed by atoms with E-state index in [4.69, 9.17) is 10.5 Å². The van der Waals surface area contributed by atoms with E-state index in [9.17, 15) is 13.6 Å². The number of rotatable bonds is 5. The topological polar surface area (TPSA) is 83.0 Å². The first kappa shape index (κ1) is 19.7. The highest BCUT2D eigenvalue weighted by Crippen LogP contribution is 2.21. The van der Waals surface area contributed by atoms with E-state index in [0.717, 1.165) is 6.07 Å². The Bertz CT molecular complexity index is 1250. The van der Waals surface area contributed by atoms with Crippen molar-refractivity contribution in [1.82, 2.24) is 14.5 Å². The Labute approximate surface area is 170 Å². The molecule has 0 amide bonds. The fourth-order valence-corrected chi connectivity index (χ4v) is 3.30. The molecule has 0 aliphatic heterocycles. The molecule has 2 N–H and O–H groups in total. The van der Waals surface area contributed by atoms with Gasteiger partial charge in [-0.2, -0.15) is 0 Å². The van der Waals surface area contributed by atoms with Crippen molar-refractivity contribution < 1.29 is 13.5 Å². The molecule has 0 fully saturated rings. The number of nitrogens with zero attached hydrogens (tertiary/aromatic N) is 3.